The maximum atomic E-state index is 13.2. The van der Waals surface area contributed by atoms with Gasteiger partial charge < -0.3 is 20.7 Å². The first-order valence-electron chi connectivity index (χ1n) is 12.8. The topological polar surface area (TPSA) is 84.7 Å². The number of hydrogen-bond acceptors (Lipinski definition) is 4. The Hall–Kier alpha value is -4.42. The molecule has 0 fully saturated rings. The van der Waals surface area contributed by atoms with Gasteiger partial charge in [0.05, 0.1) is 12.3 Å². The summed E-state index contributed by atoms with van der Waals surface area (Å²) in [6, 6.07) is 30.0. The van der Waals surface area contributed by atoms with Crippen molar-refractivity contribution in [2.75, 3.05) is 30.4 Å². The largest absolute Gasteiger partial charge is 0.491 e. The first-order chi connectivity index (χ1) is 18.5. The van der Waals surface area contributed by atoms with Crippen LogP contribution >= 0.6 is 0 Å². The van der Waals surface area contributed by atoms with Crippen LogP contribution in [0, 0.1) is 6.92 Å². The molecule has 0 atom stereocenters. The first-order valence-corrected chi connectivity index (χ1v) is 12.8. The zero-order valence-corrected chi connectivity index (χ0v) is 21.8. The summed E-state index contributed by atoms with van der Waals surface area (Å²) in [5.74, 6) is 0.264. The molecule has 0 spiro atoms. The van der Waals surface area contributed by atoms with E-state index in [4.69, 9.17) is 10.5 Å². The summed E-state index contributed by atoms with van der Waals surface area (Å²) in [6.45, 7) is 3.20. The van der Waals surface area contributed by atoms with Crippen molar-refractivity contribution in [3.8, 4) is 16.9 Å². The van der Waals surface area contributed by atoms with Crippen molar-refractivity contribution in [3.63, 3.8) is 0 Å². The van der Waals surface area contributed by atoms with E-state index in [1.807, 2.05) is 79.7 Å². The van der Waals surface area contributed by atoms with Crippen LogP contribution in [0.4, 0.5) is 11.4 Å². The molecule has 0 heterocycles. The Kier molecular flexibility index (Phi) is 8.90. The maximum Gasteiger partial charge on any atom is 0.258 e. The second-order valence-electron chi connectivity index (χ2n) is 9.12. The van der Waals surface area contributed by atoms with Gasteiger partial charge in [-0.05, 0) is 79.9 Å². The average molecular weight is 508 g/mol. The number of rotatable bonds is 10. The van der Waals surface area contributed by atoms with E-state index in [0.717, 1.165) is 29.5 Å². The summed E-state index contributed by atoms with van der Waals surface area (Å²) < 4.78 is 5.90. The highest BCUT2D eigenvalue weighted by Crippen LogP contribution is 2.29. The van der Waals surface area contributed by atoms with Crippen LogP contribution in [0.5, 0.6) is 5.75 Å². The molecule has 4 aromatic carbocycles. The number of benzene rings is 4. The van der Waals surface area contributed by atoms with Crippen molar-refractivity contribution in [2.24, 2.45) is 5.73 Å². The monoisotopic (exact) mass is 507 g/mol. The number of carbonyl (C=O) groups is 2. The van der Waals surface area contributed by atoms with Gasteiger partial charge in [-0.15, -0.1) is 0 Å². The molecule has 0 radical (unpaired) electrons. The molecule has 6 heteroatoms. The third-order valence-corrected chi connectivity index (χ3v) is 6.31. The molecule has 194 valence electrons. The van der Waals surface area contributed by atoms with E-state index < -0.39 is 0 Å². The summed E-state index contributed by atoms with van der Waals surface area (Å²) in [4.78, 5) is 27.9. The molecule has 0 saturated carbocycles. The fourth-order valence-corrected chi connectivity index (χ4v) is 4.15. The van der Waals surface area contributed by atoms with Crippen LogP contribution in [-0.2, 0) is 0 Å². The fourth-order valence-electron chi connectivity index (χ4n) is 4.15. The molecule has 2 amide bonds. The van der Waals surface area contributed by atoms with Gasteiger partial charge >= 0.3 is 0 Å². The van der Waals surface area contributed by atoms with Gasteiger partial charge in [0.2, 0.25) is 0 Å². The van der Waals surface area contributed by atoms with E-state index in [1.165, 1.54) is 0 Å². The number of unbranched alkanes of at least 4 members (excludes halogenated alkanes) is 1. The molecule has 0 aliphatic carbocycles. The van der Waals surface area contributed by atoms with Crippen LogP contribution < -0.4 is 20.7 Å². The van der Waals surface area contributed by atoms with E-state index in [-0.39, 0.29) is 11.8 Å². The van der Waals surface area contributed by atoms with Crippen molar-refractivity contribution in [1.82, 2.24) is 0 Å². The van der Waals surface area contributed by atoms with Gasteiger partial charge in [-0.3, -0.25) is 9.59 Å². The van der Waals surface area contributed by atoms with E-state index in [9.17, 15) is 9.59 Å². The first kappa shape index (κ1) is 26.6. The van der Waals surface area contributed by atoms with Crippen LogP contribution in [0.3, 0.4) is 0 Å². The minimum absolute atomic E-state index is 0.175. The molecule has 3 N–H and O–H groups in total. The van der Waals surface area contributed by atoms with Crippen molar-refractivity contribution in [3.05, 3.63) is 114 Å². The third-order valence-electron chi connectivity index (χ3n) is 6.31. The number of nitrogens with one attached hydrogen (secondary N) is 1. The van der Waals surface area contributed by atoms with Gasteiger partial charge in [0.1, 0.15) is 5.75 Å². The number of hydrogen-bond donors (Lipinski definition) is 2. The highest BCUT2D eigenvalue weighted by atomic mass is 16.5. The molecule has 0 aromatic heterocycles. The molecule has 38 heavy (non-hydrogen) atoms. The SMILES string of the molecule is Cc1ccc(-c2ccccc2C(=O)Nc2ccc(C(=O)N(C)c3ccccc3OCCCCN)cc2)cc1. The highest BCUT2D eigenvalue weighted by molar-refractivity contribution is 6.09. The summed E-state index contributed by atoms with van der Waals surface area (Å²) in [5, 5.41) is 2.96. The minimum Gasteiger partial charge on any atom is -0.491 e. The molecule has 0 saturated heterocycles. The van der Waals surface area contributed by atoms with Crippen molar-refractivity contribution < 1.29 is 14.3 Å². The third kappa shape index (κ3) is 6.47. The second-order valence-corrected chi connectivity index (χ2v) is 9.12. The Morgan fingerprint density at radius 1 is 0.842 bits per heavy atom. The van der Waals surface area contributed by atoms with Crippen molar-refractivity contribution >= 4 is 23.2 Å². The number of ether oxygens (including phenoxy) is 1. The van der Waals surface area contributed by atoms with Gasteiger partial charge in [0, 0.05) is 23.9 Å². The number of carbonyl (C=O) groups excluding carboxylic acids is 2. The van der Waals surface area contributed by atoms with Crippen molar-refractivity contribution in [2.45, 2.75) is 19.8 Å². The van der Waals surface area contributed by atoms with Gasteiger partial charge in [-0.1, -0.05) is 60.2 Å². The van der Waals surface area contributed by atoms with Crippen LogP contribution in [0.1, 0.15) is 39.1 Å². The number of para-hydroxylation sites is 2. The quantitative estimate of drug-likeness (QED) is 0.246. The molecule has 4 aromatic rings. The van der Waals surface area contributed by atoms with Crippen LogP contribution in [0.15, 0.2) is 97.1 Å². The Morgan fingerprint density at radius 2 is 1.53 bits per heavy atom. The van der Waals surface area contributed by atoms with Crippen molar-refractivity contribution in [1.29, 1.82) is 0 Å². The lowest BCUT2D eigenvalue weighted by Crippen LogP contribution is -2.26. The molecule has 0 unspecified atom stereocenters. The molecular weight excluding hydrogens is 474 g/mol. The predicted octanol–water partition coefficient (Wildman–Crippen LogP) is 6.31. The number of nitrogens with zero attached hydrogens (tertiary/aromatic N) is 1. The summed E-state index contributed by atoms with van der Waals surface area (Å²) >= 11 is 0. The number of amides is 2. The standard InChI is InChI=1S/C32H33N3O3/c1-23-13-15-24(16-14-23)27-9-3-4-10-28(27)31(36)34-26-19-17-25(18-20-26)32(37)35(2)29-11-5-6-12-30(29)38-22-8-7-21-33/h3-6,9-20H,7-8,21-22,33H2,1-2H3,(H,34,36). The lowest BCUT2D eigenvalue weighted by atomic mass is 9.98. The van der Waals surface area contributed by atoms with E-state index in [1.54, 1.807) is 36.2 Å². The van der Waals surface area contributed by atoms with Crippen LogP contribution in [0.2, 0.25) is 0 Å². The lowest BCUT2D eigenvalue weighted by molar-refractivity contribution is 0.0990. The Morgan fingerprint density at radius 3 is 2.26 bits per heavy atom. The number of nitrogens with two attached hydrogens (primary N) is 1. The Balaban J connectivity index is 1.45. The number of aryl methyl sites for hydroxylation is 1. The zero-order valence-electron chi connectivity index (χ0n) is 21.8. The summed E-state index contributed by atoms with van der Waals surface area (Å²) in [6.07, 6.45) is 1.74. The molecule has 4 rings (SSSR count). The molecule has 0 bridgehead atoms. The molecule has 0 aliphatic heterocycles. The lowest BCUT2D eigenvalue weighted by Gasteiger charge is -2.21. The average Bonchev–Trinajstić information content (AvgIpc) is 2.95. The molecular formula is C32H33N3O3. The minimum atomic E-state index is -0.210. The predicted molar refractivity (Wildman–Crippen MR) is 154 cm³/mol. The summed E-state index contributed by atoms with van der Waals surface area (Å²) in [7, 11) is 1.72. The van der Waals surface area contributed by atoms with Crippen LogP contribution in [0.25, 0.3) is 11.1 Å². The Labute approximate surface area is 224 Å². The van der Waals surface area contributed by atoms with Crippen LogP contribution in [-0.4, -0.2) is 32.0 Å². The van der Waals surface area contributed by atoms with Gasteiger partial charge in [-0.2, -0.15) is 0 Å². The van der Waals surface area contributed by atoms with Gasteiger partial charge in [-0.25, -0.2) is 0 Å². The van der Waals surface area contributed by atoms with Gasteiger partial charge in [0.25, 0.3) is 11.8 Å². The Bertz CT molecular complexity index is 1380. The summed E-state index contributed by atoms with van der Waals surface area (Å²) in [5.41, 5.74) is 10.9. The molecule has 6 nitrogen and oxygen atoms in total. The molecule has 0 aliphatic rings. The van der Waals surface area contributed by atoms with E-state index in [0.29, 0.717) is 41.4 Å². The zero-order chi connectivity index (χ0) is 26.9. The normalized spacial score (nSPS) is 10.6. The number of anilines is 2. The highest BCUT2D eigenvalue weighted by Gasteiger charge is 2.18. The maximum absolute atomic E-state index is 13.2. The smallest absolute Gasteiger partial charge is 0.258 e. The van der Waals surface area contributed by atoms with E-state index >= 15 is 0 Å². The second kappa shape index (κ2) is 12.7. The fraction of sp³-hybridized carbons (Fsp3) is 0.188. The van der Waals surface area contributed by atoms with Gasteiger partial charge in [0.15, 0.2) is 0 Å². The van der Waals surface area contributed by atoms with E-state index in [2.05, 4.69) is 5.32 Å².